The summed E-state index contributed by atoms with van der Waals surface area (Å²) in [6.07, 6.45) is 4.56. The Bertz CT molecular complexity index is 911. The fourth-order valence-electron chi connectivity index (χ4n) is 3.70. The number of benzene rings is 1. The van der Waals surface area contributed by atoms with Crippen LogP contribution >= 0.6 is 0 Å². The molecule has 0 spiro atoms. The molecule has 1 amide bonds. The van der Waals surface area contributed by atoms with E-state index in [1.807, 2.05) is 57.7 Å². The Morgan fingerprint density at radius 1 is 1.32 bits per heavy atom. The molecule has 0 N–H and O–H groups in total. The summed E-state index contributed by atoms with van der Waals surface area (Å²) in [6, 6.07) is 10.0. The molecule has 3 heterocycles. The number of hydrogen-bond acceptors (Lipinski definition) is 3. The molecule has 0 bridgehead atoms. The van der Waals surface area contributed by atoms with Crippen LogP contribution in [0.5, 0.6) is 0 Å². The van der Waals surface area contributed by atoms with Gasteiger partial charge in [0.05, 0.1) is 30.5 Å². The molecule has 1 atom stereocenters. The zero-order valence-electron chi connectivity index (χ0n) is 14.6. The quantitative estimate of drug-likeness (QED) is 0.737. The summed E-state index contributed by atoms with van der Waals surface area (Å²) in [5, 5.41) is 5.36. The van der Waals surface area contributed by atoms with Crippen molar-refractivity contribution in [2.24, 2.45) is 7.05 Å². The van der Waals surface area contributed by atoms with E-state index in [-0.39, 0.29) is 11.9 Å². The minimum absolute atomic E-state index is 0.0400. The maximum Gasteiger partial charge on any atom is 0.256 e. The number of aryl methyl sites for hydroxylation is 2. The lowest BCUT2D eigenvalue weighted by Gasteiger charge is -2.29. The van der Waals surface area contributed by atoms with E-state index in [0.717, 1.165) is 35.1 Å². The highest BCUT2D eigenvalue weighted by Gasteiger charge is 2.30. The summed E-state index contributed by atoms with van der Waals surface area (Å²) in [7, 11) is 3.66. The monoisotopic (exact) mass is 338 g/mol. The van der Waals surface area contributed by atoms with Crippen LogP contribution in [0, 0.1) is 0 Å². The molecule has 0 aliphatic carbocycles. The van der Waals surface area contributed by atoms with Crippen LogP contribution in [0.15, 0.2) is 42.7 Å². The number of para-hydroxylation sites is 1. The van der Waals surface area contributed by atoms with E-state index < -0.39 is 0 Å². The summed E-state index contributed by atoms with van der Waals surface area (Å²) < 4.78 is 9.39. The molecule has 25 heavy (non-hydrogen) atoms. The Labute approximate surface area is 146 Å². The molecule has 1 aliphatic heterocycles. The second-order valence-corrected chi connectivity index (χ2v) is 6.55. The summed E-state index contributed by atoms with van der Waals surface area (Å²) in [6.45, 7) is 1.88. The highest BCUT2D eigenvalue weighted by Crippen LogP contribution is 2.25. The maximum atomic E-state index is 13.4. The fraction of sp³-hybridized carbons (Fsp3) is 0.368. The molecular formula is C19H22N4O2. The van der Waals surface area contributed by atoms with Crippen LogP contribution in [0.4, 0.5) is 0 Å². The van der Waals surface area contributed by atoms with Gasteiger partial charge in [0.15, 0.2) is 0 Å². The van der Waals surface area contributed by atoms with Gasteiger partial charge in [-0.05, 0) is 18.6 Å². The number of fused-ring (bicyclic) bond motifs is 2. The SMILES string of the molecule is COC[C@H]1CCn2nccc2CN1C(=O)c1cn(C)c2ccccc12. The number of ether oxygens (including phenoxy) is 1. The van der Waals surface area contributed by atoms with Crippen LogP contribution in [0.2, 0.25) is 0 Å². The zero-order chi connectivity index (χ0) is 17.4. The van der Waals surface area contributed by atoms with Crippen LogP contribution in [0.3, 0.4) is 0 Å². The van der Waals surface area contributed by atoms with E-state index in [9.17, 15) is 4.79 Å². The van der Waals surface area contributed by atoms with E-state index in [2.05, 4.69) is 5.10 Å². The molecule has 1 aromatic carbocycles. The van der Waals surface area contributed by atoms with Gasteiger partial charge >= 0.3 is 0 Å². The van der Waals surface area contributed by atoms with Crippen LogP contribution in [0.1, 0.15) is 22.5 Å². The van der Waals surface area contributed by atoms with Crippen molar-refractivity contribution in [1.82, 2.24) is 19.2 Å². The number of carbonyl (C=O) groups is 1. The smallest absolute Gasteiger partial charge is 0.256 e. The van der Waals surface area contributed by atoms with Crippen LogP contribution in [-0.2, 0) is 24.9 Å². The van der Waals surface area contributed by atoms with Crippen LogP contribution < -0.4 is 0 Å². The minimum Gasteiger partial charge on any atom is -0.383 e. The fourth-order valence-corrected chi connectivity index (χ4v) is 3.70. The number of carbonyl (C=O) groups excluding carboxylic acids is 1. The Morgan fingerprint density at radius 2 is 2.16 bits per heavy atom. The predicted octanol–water partition coefficient (Wildman–Crippen LogP) is 2.44. The second-order valence-electron chi connectivity index (χ2n) is 6.55. The van der Waals surface area contributed by atoms with E-state index in [1.165, 1.54) is 0 Å². The van der Waals surface area contributed by atoms with Crippen molar-refractivity contribution in [3.05, 3.63) is 54.0 Å². The normalized spacial score (nSPS) is 17.5. The third-order valence-electron chi connectivity index (χ3n) is 5.00. The number of rotatable bonds is 3. The van der Waals surface area contributed by atoms with Crippen molar-refractivity contribution in [2.75, 3.05) is 13.7 Å². The number of aromatic nitrogens is 3. The summed E-state index contributed by atoms with van der Waals surface area (Å²) in [5.74, 6) is 0.0495. The third-order valence-corrected chi connectivity index (χ3v) is 5.00. The standard InChI is InChI=1S/C19H22N4O2/c1-21-12-17(16-5-3-4-6-18(16)21)19(24)22-11-14-7-9-20-23(14)10-8-15(22)13-25-2/h3-7,9,12,15H,8,10-11,13H2,1-2H3/t15-/m1/s1. The number of hydrogen-bond donors (Lipinski definition) is 0. The van der Waals surface area contributed by atoms with Gasteiger partial charge in [0, 0.05) is 44.0 Å². The molecule has 3 aromatic rings. The Morgan fingerprint density at radius 3 is 3.00 bits per heavy atom. The van der Waals surface area contributed by atoms with E-state index in [4.69, 9.17) is 4.74 Å². The van der Waals surface area contributed by atoms with Gasteiger partial charge in [-0.2, -0.15) is 5.10 Å². The van der Waals surface area contributed by atoms with E-state index in [1.54, 1.807) is 13.3 Å². The predicted molar refractivity (Wildman–Crippen MR) is 95.3 cm³/mol. The molecule has 0 saturated heterocycles. The summed E-state index contributed by atoms with van der Waals surface area (Å²) in [5.41, 5.74) is 2.87. The molecule has 0 saturated carbocycles. The molecule has 4 rings (SSSR count). The van der Waals surface area contributed by atoms with Gasteiger partial charge in [0.1, 0.15) is 0 Å². The van der Waals surface area contributed by atoms with Gasteiger partial charge in [-0.25, -0.2) is 0 Å². The van der Waals surface area contributed by atoms with Gasteiger partial charge in [0.25, 0.3) is 5.91 Å². The maximum absolute atomic E-state index is 13.4. The lowest BCUT2D eigenvalue weighted by molar-refractivity contribution is 0.0504. The van der Waals surface area contributed by atoms with Gasteiger partial charge < -0.3 is 14.2 Å². The molecule has 0 radical (unpaired) electrons. The highest BCUT2D eigenvalue weighted by molar-refractivity contribution is 6.07. The highest BCUT2D eigenvalue weighted by atomic mass is 16.5. The average molecular weight is 338 g/mol. The van der Waals surface area contributed by atoms with Crippen LogP contribution in [0.25, 0.3) is 10.9 Å². The molecule has 0 unspecified atom stereocenters. The van der Waals surface area contributed by atoms with Gasteiger partial charge in [-0.15, -0.1) is 0 Å². The zero-order valence-corrected chi connectivity index (χ0v) is 14.6. The molecule has 0 fully saturated rings. The number of amides is 1. The van der Waals surface area contributed by atoms with Crippen molar-refractivity contribution < 1.29 is 9.53 Å². The molecule has 1 aliphatic rings. The molecule has 130 valence electrons. The Balaban J connectivity index is 1.75. The third kappa shape index (κ3) is 2.72. The lowest BCUT2D eigenvalue weighted by Crippen LogP contribution is -2.41. The van der Waals surface area contributed by atoms with Crippen molar-refractivity contribution in [2.45, 2.75) is 25.6 Å². The molecule has 6 heteroatoms. The number of methoxy groups -OCH3 is 1. The van der Waals surface area contributed by atoms with Crippen molar-refractivity contribution in [1.29, 1.82) is 0 Å². The first-order valence-corrected chi connectivity index (χ1v) is 8.53. The topological polar surface area (TPSA) is 52.3 Å². The number of nitrogens with zero attached hydrogens (tertiary/aromatic N) is 4. The van der Waals surface area contributed by atoms with Crippen molar-refractivity contribution >= 4 is 16.8 Å². The molecular weight excluding hydrogens is 316 g/mol. The first kappa shape index (κ1) is 15.9. The first-order valence-electron chi connectivity index (χ1n) is 8.53. The lowest BCUT2D eigenvalue weighted by atomic mass is 10.1. The average Bonchev–Trinajstić information content (AvgIpc) is 3.16. The summed E-state index contributed by atoms with van der Waals surface area (Å²) >= 11 is 0. The molecule has 6 nitrogen and oxygen atoms in total. The Kier molecular flexibility index (Phi) is 4.05. The van der Waals surface area contributed by atoms with Gasteiger partial charge in [-0.3, -0.25) is 9.48 Å². The van der Waals surface area contributed by atoms with E-state index >= 15 is 0 Å². The van der Waals surface area contributed by atoms with Crippen LogP contribution in [-0.4, -0.2) is 44.9 Å². The first-order chi connectivity index (χ1) is 12.2. The van der Waals surface area contributed by atoms with Crippen molar-refractivity contribution in [3.63, 3.8) is 0 Å². The molecule has 2 aromatic heterocycles. The van der Waals surface area contributed by atoms with Crippen molar-refractivity contribution in [3.8, 4) is 0 Å². The Hall–Kier alpha value is -2.60. The van der Waals surface area contributed by atoms with Gasteiger partial charge in [0.2, 0.25) is 0 Å². The van der Waals surface area contributed by atoms with E-state index in [0.29, 0.717) is 13.2 Å². The second kappa shape index (κ2) is 6.37. The minimum atomic E-state index is 0.0400. The van der Waals surface area contributed by atoms with Gasteiger partial charge in [-0.1, -0.05) is 18.2 Å². The largest absolute Gasteiger partial charge is 0.383 e. The summed E-state index contributed by atoms with van der Waals surface area (Å²) in [4.78, 5) is 15.4.